The molecule has 0 fully saturated rings. The number of rotatable bonds is 8. The van der Waals surface area contributed by atoms with Gasteiger partial charge in [0.05, 0.1) is 25.0 Å². The lowest BCUT2D eigenvalue weighted by molar-refractivity contribution is 0.218. The molecule has 0 heterocycles. The summed E-state index contributed by atoms with van der Waals surface area (Å²) < 4.78 is 16.5. The second-order valence-electron chi connectivity index (χ2n) is 3.29. The summed E-state index contributed by atoms with van der Waals surface area (Å²) in [6.07, 6.45) is 0. The largest absolute Gasteiger partial charge is 0.424 e. The lowest BCUT2D eigenvalue weighted by Gasteiger charge is -2.21. The Labute approximate surface area is 123 Å². The van der Waals surface area contributed by atoms with Crippen LogP contribution in [0.25, 0.3) is 0 Å². The van der Waals surface area contributed by atoms with E-state index in [1.165, 1.54) is 11.8 Å². The van der Waals surface area contributed by atoms with Crippen molar-refractivity contribution in [2.24, 2.45) is 0 Å². The molecule has 0 amide bonds. The Morgan fingerprint density at radius 2 is 1.79 bits per heavy atom. The molecule has 1 aromatic carbocycles. The number of hydrogen-bond acceptors (Lipinski definition) is 6. The van der Waals surface area contributed by atoms with Crippen molar-refractivity contribution in [3.63, 3.8) is 0 Å². The van der Waals surface area contributed by atoms with E-state index in [4.69, 9.17) is 30.6 Å². The Morgan fingerprint density at radius 3 is 2.26 bits per heavy atom. The lowest BCUT2D eigenvalue weighted by atomic mass is 10.3. The molecule has 0 atom stereocenters. The van der Waals surface area contributed by atoms with E-state index in [-0.39, 0.29) is 0 Å². The first-order valence-electron chi connectivity index (χ1n) is 5.82. The molecular weight excluding hydrogens is 301 g/mol. The quantitative estimate of drug-likeness (QED) is 0.534. The molecule has 4 nitrogen and oxygen atoms in total. The second-order valence-corrected chi connectivity index (χ2v) is 7.28. The lowest BCUT2D eigenvalue weighted by Crippen LogP contribution is -2.01. The third kappa shape index (κ3) is 5.94. The number of nitrogens with zero attached hydrogens (tertiary/aromatic N) is 1. The first-order chi connectivity index (χ1) is 9.13. The van der Waals surface area contributed by atoms with Gasteiger partial charge in [-0.1, -0.05) is 0 Å². The summed E-state index contributed by atoms with van der Waals surface area (Å²) in [6.45, 7) is 1.90. The van der Waals surface area contributed by atoms with Gasteiger partial charge >= 0.3 is 6.72 Å². The van der Waals surface area contributed by atoms with E-state index < -0.39 is 6.72 Å². The molecule has 0 radical (unpaired) electrons. The van der Waals surface area contributed by atoms with Crippen LogP contribution in [-0.4, -0.2) is 19.0 Å². The van der Waals surface area contributed by atoms with Crippen LogP contribution in [0.15, 0.2) is 29.2 Å². The van der Waals surface area contributed by atoms with Gasteiger partial charge in [0.2, 0.25) is 0 Å². The van der Waals surface area contributed by atoms with Crippen LogP contribution >= 0.6 is 18.5 Å². The van der Waals surface area contributed by atoms with Crippen LogP contribution in [0.1, 0.15) is 13.8 Å². The Balaban J connectivity index is 2.70. The number of nitriles is 1. The number of thioether (sulfide) groups is 1. The van der Waals surface area contributed by atoms with Gasteiger partial charge in [0.15, 0.2) is 0 Å². The van der Waals surface area contributed by atoms with Crippen LogP contribution in [0.2, 0.25) is 0 Å². The molecule has 0 saturated heterocycles. The maximum atomic E-state index is 8.52. The second kappa shape index (κ2) is 8.57. The van der Waals surface area contributed by atoms with Gasteiger partial charge in [0.1, 0.15) is 5.75 Å². The number of benzene rings is 1. The van der Waals surface area contributed by atoms with Crippen molar-refractivity contribution in [1.82, 2.24) is 0 Å². The van der Waals surface area contributed by atoms with Crippen molar-refractivity contribution in [2.45, 2.75) is 18.7 Å². The Kier molecular flexibility index (Phi) is 7.44. The zero-order valence-corrected chi connectivity index (χ0v) is 13.4. The van der Waals surface area contributed by atoms with Crippen LogP contribution in [0.5, 0.6) is 5.75 Å². The van der Waals surface area contributed by atoms with Crippen LogP contribution in [0.4, 0.5) is 0 Å². The first kappa shape index (κ1) is 16.5. The van der Waals surface area contributed by atoms with E-state index >= 15 is 0 Å². The van der Waals surface area contributed by atoms with Gasteiger partial charge in [-0.25, -0.2) is 0 Å². The summed E-state index contributed by atoms with van der Waals surface area (Å²) in [6, 6.07) is 9.46. The molecule has 0 bridgehead atoms. The van der Waals surface area contributed by atoms with Crippen LogP contribution in [0.3, 0.4) is 0 Å². The fourth-order valence-electron chi connectivity index (χ4n) is 1.25. The Morgan fingerprint density at radius 1 is 1.21 bits per heavy atom. The predicted molar refractivity (Wildman–Crippen MR) is 80.9 cm³/mol. The molecule has 1 aromatic rings. The highest BCUT2D eigenvalue weighted by molar-refractivity contribution is 8.07. The number of hydrogen-bond donors (Lipinski definition) is 0. The van der Waals surface area contributed by atoms with Crippen molar-refractivity contribution < 1.29 is 13.6 Å². The smallest absolute Gasteiger partial charge is 0.380 e. The van der Waals surface area contributed by atoms with Crippen molar-refractivity contribution in [3.8, 4) is 11.8 Å². The van der Waals surface area contributed by atoms with Gasteiger partial charge in [-0.3, -0.25) is 9.05 Å². The molecule has 1 rings (SSSR count). The highest BCUT2D eigenvalue weighted by atomic mass is 32.5. The van der Waals surface area contributed by atoms with E-state index in [0.717, 1.165) is 4.90 Å². The van der Waals surface area contributed by atoms with Crippen molar-refractivity contribution in [1.29, 1.82) is 5.26 Å². The fraction of sp³-hybridized carbons (Fsp3) is 0.417. The molecule has 0 aliphatic rings. The molecule has 0 spiro atoms. The summed E-state index contributed by atoms with van der Waals surface area (Å²) >= 11 is 6.75. The first-order valence-corrected chi connectivity index (χ1v) is 9.36. The highest BCUT2D eigenvalue weighted by Gasteiger charge is 2.20. The third-order valence-corrected chi connectivity index (χ3v) is 5.24. The minimum absolute atomic E-state index is 0.427. The zero-order valence-electron chi connectivity index (χ0n) is 10.9. The van der Waals surface area contributed by atoms with Gasteiger partial charge in [-0.05, 0) is 38.1 Å². The summed E-state index contributed by atoms with van der Waals surface area (Å²) in [5, 5.41) is 8.52. The molecule has 0 aliphatic carbocycles. The summed E-state index contributed by atoms with van der Waals surface area (Å²) in [7, 11) is 0. The Bertz CT molecular complexity index is 463. The molecule has 0 aromatic heterocycles. The van der Waals surface area contributed by atoms with E-state index in [1.807, 2.05) is 26.0 Å². The van der Waals surface area contributed by atoms with Crippen LogP contribution < -0.4 is 4.52 Å². The maximum absolute atomic E-state index is 8.52. The molecule has 104 valence electrons. The standard InChI is InChI=1S/C12H16NO3PS2/c1-3-14-17(18,15-4-2)16-11-5-7-12(8-6-11)19-10-9-13/h5-8H,3-4,10H2,1-2H3. The van der Waals surface area contributed by atoms with Gasteiger partial charge in [-0.15, -0.1) is 11.8 Å². The third-order valence-electron chi connectivity index (χ3n) is 1.92. The molecular formula is C12H16NO3PS2. The fourth-order valence-corrected chi connectivity index (χ4v) is 3.89. The maximum Gasteiger partial charge on any atom is 0.380 e. The molecule has 0 saturated carbocycles. The SMILES string of the molecule is CCOP(=S)(OCC)Oc1ccc(SCC#N)cc1. The van der Waals surface area contributed by atoms with Crippen molar-refractivity contribution in [3.05, 3.63) is 24.3 Å². The van der Waals surface area contributed by atoms with Crippen molar-refractivity contribution in [2.75, 3.05) is 19.0 Å². The summed E-state index contributed by atoms with van der Waals surface area (Å²) in [5.41, 5.74) is 0. The van der Waals surface area contributed by atoms with E-state index in [1.54, 1.807) is 12.1 Å². The van der Waals surface area contributed by atoms with Gasteiger partial charge in [0.25, 0.3) is 0 Å². The van der Waals surface area contributed by atoms with Crippen LogP contribution in [-0.2, 0) is 20.9 Å². The topological polar surface area (TPSA) is 51.5 Å². The molecule has 0 aliphatic heterocycles. The predicted octanol–water partition coefficient (Wildman–Crippen LogP) is 3.98. The highest BCUT2D eigenvalue weighted by Crippen LogP contribution is 2.49. The minimum Gasteiger partial charge on any atom is -0.424 e. The van der Waals surface area contributed by atoms with E-state index in [0.29, 0.717) is 24.7 Å². The van der Waals surface area contributed by atoms with E-state index in [9.17, 15) is 0 Å². The monoisotopic (exact) mass is 317 g/mol. The summed E-state index contributed by atoms with van der Waals surface area (Å²) in [5.74, 6) is 1.04. The zero-order chi connectivity index (χ0) is 14.1. The van der Waals surface area contributed by atoms with Gasteiger partial charge < -0.3 is 4.52 Å². The average molecular weight is 317 g/mol. The van der Waals surface area contributed by atoms with Crippen LogP contribution in [0, 0.1) is 11.3 Å². The summed E-state index contributed by atoms with van der Waals surface area (Å²) in [4.78, 5) is 1.01. The molecule has 0 unspecified atom stereocenters. The van der Waals surface area contributed by atoms with E-state index in [2.05, 4.69) is 6.07 Å². The molecule has 0 N–H and O–H groups in total. The average Bonchev–Trinajstić information content (AvgIpc) is 2.38. The van der Waals surface area contributed by atoms with Gasteiger partial charge in [0, 0.05) is 16.7 Å². The van der Waals surface area contributed by atoms with Crippen molar-refractivity contribution >= 4 is 30.3 Å². The molecule has 19 heavy (non-hydrogen) atoms. The van der Waals surface area contributed by atoms with Gasteiger partial charge in [-0.2, -0.15) is 5.26 Å². The normalized spacial score (nSPS) is 11.0. The molecule has 7 heteroatoms. The Hall–Kier alpha value is -0.570. The minimum atomic E-state index is -2.70.